The van der Waals surface area contributed by atoms with E-state index in [1.165, 1.54) is 13.3 Å². The van der Waals surface area contributed by atoms with E-state index in [0.717, 1.165) is 0 Å². The van der Waals surface area contributed by atoms with Crippen molar-refractivity contribution in [3.8, 4) is 0 Å². The van der Waals surface area contributed by atoms with Gasteiger partial charge in [-0.1, -0.05) is 0 Å². The van der Waals surface area contributed by atoms with Crippen LogP contribution in [0.2, 0.25) is 0 Å². The van der Waals surface area contributed by atoms with Crippen LogP contribution in [-0.2, 0) is 9.53 Å². The molecule has 0 saturated carbocycles. The number of carbonyl (C=O) groups excluding carboxylic acids is 2. The molecule has 1 rings (SSSR count). The number of pyridine rings is 1. The van der Waals surface area contributed by atoms with Crippen molar-refractivity contribution in [1.29, 1.82) is 0 Å². The standard InChI is InChI=1S/C10H10BrNO3/c1-15-6-9(13)3-10(14)7-2-8(11)5-12-4-7/h2,4-5H,3,6H2,1H3. The number of ether oxygens (including phenoxy) is 1. The molecule has 0 atom stereocenters. The smallest absolute Gasteiger partial charge is 0.171 e. The number of methoxy groups -OCH3 is 1. The molecule has 1 aromatic rings. The summed E-state index contributed by atoms with van der Waals surface area (Å²) in [7, 11) is 1.42. The molecule has 0 radical (unpaired) electrons. The molecule has 0 bridgehead atoms. The van der Waals surface area contributed by atoms with Crippen LogP contribution in [0, 0.1) is 0 Å². The molecule has 1 aromatic heterocycles. The van der Waals surface area contributed by atoms with E-state index < -0.39 is 0 Å². The quantitative estimate of drug-likeness (QED) is 0.604. The van der Waals surface area contributed by atoms with Gasteiger partial charge in [-0.05, 0) is 22.0 Å². The highest BCUT2D eigenvalue weighted by molar-refractivity contribution is 9.10. The minimum Gasteiger partial charge on any atom is -0.377 e. The van der Waals surface area contributed by atoms with Crippen LogP contribution in [0.25, 0.3) is 0 Å². The predicted molar refractivity (Wildman–Crippen MR) is 57.8 cm³/mol. The molecule has 80 valence electrons. The number of ketones is 2. The van der Waals surface area contributed by atoms with E-state index in [0.29, 0.717) is 10.0 Å². The highest BCUT2D eigenvalue weighted by Crippen LogP contribution is 2.11. The lowest BCUT2D eigenvalue weighted by Gasteiger charge is -2.00. The summed E-state index contributed by atoms with van der Waals surface area (Å²) >= 11 is 3.20. The number of nitrogens with zero attached hydrogens (tertiary/aromatic N) is 1. The topological polar surface area (TPSA) is 56.3 Å². The molecular formula is C10H10BrNO3. The van der Waals surface area contributed by atoms with Crippen molar-refractivity contribution in [2.24, 2.45) is 0 Å². The first-order chi connectivity index (χ1) is 7.13. The van der Waals surface area contributed by atoms with Crippen LogP contribution in [0.1, 0.15) is 16.8 Å². The third-order valence-electron chi connectivity index (χ3n) is 1.69. The molecule has 0 aliphatic rings. The van der Waals surface area contributed by atoms with Gasteiger partial charge in [-0.15, -0.1) is 0 Å². The lowest BCUT2D eigenvalue weighted by molar-refractivity contribution is -0.121. The van der Waals surface area contributed by atoms with Crippen molar-refractivity contribution in [2.45, 2.75) is 6.42 Å². The first-order valence-electron chi connectivity index (χ1n) is 4.28. The number of Topliss-reactive ketones (excluding diaryl/α,β-unsaturated/α-hetero) is 2. The normalized spacial score (nSPS) is 10.0. The summed E-state index contributed by atoms with van der Waals surface area (Å²) in [4.78, 5) is 26.5. The summed E-state index contributed by atoms with van der Waals surface area (Å²) in [5, 5.41) is 0. The fraction of sp³-hybridized carbons (Fsp3) is 0.300. The Kier molecular flexibility index (Phi) is 4.58. The third-order valence-corrected chi connectivity index (χ3v) is 2.12. The van der Waals surface area contributed by atoms with E-state index in [2.05, 4.69) is 25.7 Å². The largest absolute Gasteiger partial charge is 0.377 e. The second-order valence-corrected chi connectivity index (χ2v) is 3.88. The van der Waals surface area contributed by atoms with Gasteiger partial charge in [-0.25, -0.2) is 0 Å². The Balaban J connectivity index is 2.65. The molecule has 0 aromatic carbocycles. The summed E-state index contributed by atoms with van der Waals surface area (Å²) in [5.41, 5.74) is 0.425. The van der Waals surface area contributed by atoms with Gasteiger partial charge in [0.05, 0.1) is 6.42 Å². The van der Waals surface area contributed by atoms with Crippen LogP contribution < -0.4 is 0 Å². The third kappa shape index (κ3) is 3.89. The fourth-order valence-electron chi connectivity index (χ4n) is 1.06. The number of hydrogen-bond acceptors (Lipinski definition) is 4. The molecule has 0 saturated heterocycles. The van der Waals surface area contributed by atoms with E-state index in [4.69, 9.17) is 0 Å². The number of aromatic nitrogens is 1. The molecule has 0 aliphatic carbocycles. The highest BCUT2D eigenvalue weighted by Gasteiger charge is 2.11. The van der Waals surface area contributed by atoms with E-state index in [1.54, 1.807) is 12.3 Å². The molecule has 0 fully saturated rings. The maximum Gasteiger partial charge on any atom is 0.171 e. The zero-order valence-corrected chi connectivity index (χ0v) is 9.78. The van der Waals surface area contributed by atoms with Gasteiger partial charge in [0.25, 0.3) is 0 Å². The maximum atomic E-state index is 11.5. The number of rotatable bonds is 5. The molecule has 4 nitrogen and oxygen atoms in total. The van der Waals surface area contributed by atoms with Crippen LogP contribution in [0.5, 0.6) is 0 Å². The maximum absolute atomic E-state index is 11.5. The van der Waals surface area contributed by atoms with Crippen LogP contribution in [0.15, 0.2) is 22.9 Å². The van der Waals surface area contributed by atoms with Gasteiger partial charge in [0.1, 0.15) is 6.61 Å². The van der Waals surface area contributed by atoms with E-state index >= 15 is 0 Å². The average molecular weight is 272 g/mol. The molecule has 0 unspecified atom stereocenters. The summed E-state index contributed by atoms with van der Waals surface area (Å²) in [5.74, 6) is -0.478. The number of carbonyl (C=O) groups is 2. The minimum atomic E-state index is -0.245. The highest BCUT2D eigenvalue weighted by atomic mass is 79.9. The Morgan fingerprint density at radius 2 is 2.20 bits per heavy atom. The molecular weight excluding hydrogens is 262 g/mol. The zero-order chi connectivity index (χ0) is 11.3. The lowest BCUT2D eigenvalue weighted by atomic mass is 10.1. The molecule has 0 N–H and O–H groups in total. The zero-order valence-electron chi connectivity index (χ0n) is 8.20. The summed E-state index contributed by atoms with van der Waals surface area (Å²) in [6.07, 6.45) is 2.87. The summed E-state index contributed by atoms with van der Waals surface area (Å²) < 4.78 is 5.35. The molecule has 15 heavy (non-hydrogen) atoms. The Morgan fingerprint density at radius 1 is 1.47 bits per heavy atom. The molecule has 0 amide bonds. The van der Waals surface area contributed by atoms with Crippen LogP contribution >= 0.6 is 15.9 Å². The lowest BCUT2D eigenvalue weighted by Crippen LogP contribution is -2.13. The van der Waals surface area contributed by atoms with Gasteiger partial charge in [0, 0.05) is 29.5 Å². The first-order valence-corrected chi connectivity index (χ1v) is 5.07. The van der Waals surface area contributed by atoms with Gasteiger partial charge in [0.15, 0.2) is 11.6 Å². The van der Waals surface area contributed by atoms with Crippen molar-refractivity contribution in [3.63, 3.8) is 0 Å². The van der Waals surface area contributed by atoms with Crippen LogP contribution in [0.3, 0.4) is 0 Å². The van der Waals surface area contributed by atoms with Crippen molar-refractivity contribution in [2.75, 3.05) is 13.7 Å². The van der Waals surface area contributed by atoms with E-state index in [9.17, 15) is 9.59 Å². The van der Waals surface area contributed by atoms with E-state index in [1.807, 2.05) is 0 Å². The monoisotopic (exact) mass is 271 g/mol. The Hall–Kier alpha value is -1.07. The van der Waals surface area contributed by atoms with Crippen molar-refractivity contribution >= 4 is 27.5 Å². The van der Waals surface area contributed by atoms with Crippen molar-refractivity contribution in [1.82, 2.24) is 4.98 Å². The molecule has 1 heterocycles. The molecule has 5 heteroatoms. The van der Waals surface area contributed by atoms with Crippen molar-refractivity contribution in [3.05, 3.63) is 28.5 Å². The van der Waals surface area contributed by atoms with Crippen LogP contribution in [-0.4, -0.2) is 30.3 Å². The van der Waals surface area contributed by atoms with Gasteiger partial charge in [0.2, 0.25) is 0 Å². The molecule has 0 spiro atoms. The number of hydrogen-bond donors (Lipinski definition) is 0. The van der Waals surface area contributed by atoms with Gasteiger partial charge in [-0.3, -0.25) is 14.6 Å². The van der Waals surface area contributed by atoms with Gasteiger partial charge < -0.3 is 4.74 Å². The number of halogens is 1. The Labute approximate surface area is 95.8 Å². The second-order valence-electron chi connectivity index (χ2n) is 2.96. The van der Waals surface area contributed by atoms with Gasteiger partial charge in [-0.2, -0.15) is 0 Å². The SMILES string of the molecule is COCC(=O)CC(=O)c1cncc(Br)c1. The predicted octanol–water partition coefficient (Wildman–Crippen LogP) is 1.63. The summed E-state index contributed by atoms with van der Waals surface area (Å²) in [6.45, 7) is -0.0346. The van der Waals surface area contributed by atoms with E-state index in [-0.39, 0.29) is 24.6 Å². The second kappa shape index (κ2) is 5.72. The Morgan fingerprint density at radius 3 is 2.80 bits per heavy atom. The Bertz CT molecular complexity index is 379. The van der Waals surface area contributed by atoms with Crippen molar-refractivity contribution < 1.29 is 14.3 Å². The first kappa shape index (κ1) is 12.0. The fourth-order valence-corrected chi connectivity index (χ4v) is 1.42. The summed E-state index contributed by atoms with van der Waals surface area (Å²) in [6, 6.07) is 1.63. The minimum absolute atomic E-state index is 0.0346. The van der Waals surface area contributed by atoms with Gasteiger partial charge >= 0.3 is 0 Å². The molecule has 0 aliphatic heterocycles. The average Bonchev–Trinajstić information content (AvgIpc) is 2.18. The van der Waals surface area contributed by atoms with Crippen LogP contribution in [0.4, 0.5) is 0 Å².